The standard InChI is InChI=1S/C18H21FN2O2/c1-21(11-12-23-16-8-3-2-4-9-16)14-18(22)20-13-15-7-5-6-10-17(15)19/h2-10H,11-14H2,1H3,(H,20,22)/p+1. The minimum atomic E-state index is -0.301. The zero-order valence-corrected chi connectivity index (χ0v) is 13.2. The van der Waals surface area contributed by atoms with E-state index in [2.05, 4.69) is 5.32 Å². The predicted molar refractivity (Wildman–Crippen MR) is 86.8 cm³/mol. The molecule has 0 aliphatic carbocycles. The van der Waals surface area contributed by atoms with Crippen LogP contribution >= 0.6 is 0 Å². The van der Waals surface area contributed by atoms with Crippen molar-refractivity contribution in [2.24, 2.45) is 0 Å². The molecule has 0 aliphatic rings. The lowest BCUT2D eigenvalue weighted by atomic mass is 10.2. The molecule has 2 aromatic rings. The molecular weight excluding hydrogens is 295 g/mol. The number of amides is 1. The molecule has 2 N–H and O–H groups in total. The maximum Gasteiger partial charge on any atom is 0.275 e. The van der Waals surface area contributed by atoms with Crippen LogP contribution in [-0.2, 0) is 11.3 Å². The molecule has 0 fully saturated rings. The average Bonchev–Trinajstić information content (AvgIpc) is 2.55. The molecule has 0 radical (unpaired) electrons. The Morgan fingerprint density at radius 3 is 2.57 bits per heavy atom. The van der Waals surface area contributed by atoms with E-state index in [0.29, 0.717) is 25.3 Å². The van der Waals surface area contributed by atoms with Gasteiger partial charge in [-0.3, -0.25) is 4.79 Å². The van der Waals surface area contributed by atoms with Gasteiger partial charge in [-0.15, -0.1) is 0 Å². The zero-order chi connectivity index (χ0) is 16.5. The van der Waals surface area contributed by atoms with Gasteiger partial charge in [0.05, 0.1) is 7.05 Å². The van der Waals surface area contributed by atoms with Crippen LogP contribution in [0.1, 0.15) is 5.56 Å². The van der Waals surface area contributed by atoms with E-state index in [1.807, 2.05) is 37.4 Å². The van der Waals surface area contributed by atoms with Crippen molar-refractivity contribution in [2.75, 3.05) is 26.7 Å². The first-order chi connectivity index (χ1) is 11.1. The van der Waals surface area contributed by atoms with E-state index in [1.165, 1.54) is 6.07 Å². The number of quaternary nitrogens is 1. The van der Waals surface area contributed by atoms with Crippen LogP contribution < -0.4 is 15.0 Å². The van der Waals surface area contributed by atoms with Crippen LogP contribution in [0.2, 0.25) is 0 Å². The third kappa shape index (κ3) is 6.08. The van der Waals surface area contributed by atoms with Crippen LogP contribution in [0.15, 0.2) is 54.6 Å². The number of carbonyl (C=O) groups excluding carboxylic acids is 1. The van der Waals surface area contributed by atoms with Gasteiger partial charge in [0.2, 0.25) is 0 Å². The number of para-hydroxylation sites is 1. The van der Waals surface area contributed by atoms with Crippen LogP contribution in [0.3, 0.4) is 0 Å². The van der Waals surface area contributed by atoms with Gasteiger partial charge in [-0.2, -0.15) is 0 Å². The summed E-state index contributed by atoms with van der Waals surface area (Å²) in [5.41, 5.74) is 0.492. The second-order valence-corrected chi connectivity index (χ2v) is 5.41. The van der Waals surface area contributed by atoms with E-state index in [0.717, 1.165) is 10.6 Å². The lowest BCUT2D eigenvalue weighted by Gasteiger charge is -2.14. The first-order valence-corrected chi connectivity index (χ1v) is 7.64. The molecule has 1 amide bonds. The SMILES string of the molecule is C[NH+](CCOc1ccccc1)CC(=O)NCc1ccccc1F. The van der Waals surface area contributed by atoms with Crippen LogP contribution in [0.5, 0.6) is 5.75 Å². The number of carbonyl (C=O) groups is 1. The first-order valence-electron chi connectivity index (χ1n) is 7.64. The number of halogens is 1. The van der Waals surface area contributed by atoms with E-state index < -0.39 is 0 Å². The van der Waals surface area contributed by atoms with Gasteiger partial charge in [0.1, 0.15) is 24.7 Å². The van der Waals surface area contributed by atoms with Crippen molar-refractivity contribution in [2.45, 2.75) is 6.54 Å². The fraction of sp³-hybridized carbons (Fsp3) is 0.278. The Balaban J connectivity index is 1.65. The van der Waals surface area contributed by atoms with Gasteiger partial charge in [0.15, 0.2) is 6.54 Å². The average molecular weight is 317 g/mol. The van der Waals surface area contributed by atoms with E-state index >= 15 is 0 Å². The normalized spacial score (nSPS) is 11.7. The highest BCUT2D eigenvalue weighted by molar-refractivity contribution is 5.76. The summed E-state index contributed by atoms with van der Waals surface area (Å²) in [6.07, 6.45) is 0. The quantitative estimate of drug-likeness (QED) is 0.764. The van der Waals surface area contributed by atoms with Gasteiger partial charge in [0.25, 0.3) is 5.91 Å². The molecule has 4 nitrogen and oxygen atoms in total. The second kappa shape index (κ2) is 8.90. The number of hydrogen-bond donors (Lipinski definition) is 2. The molecular formula is C18H22FN2O2+. The van der Waals surface area contributed by atoms with Gasteiger partial charge in [0, 0.05) is 12.1 Å². The molecule has 2 aromatic carbocycles. The van der Waals surface area contributed by atoms with E-state index in [1.54, 1.807) is 18.2 Å². The molecule has 1 atom stereocenters. The summed E-state index contributed by atoms with van der Waals surface area (Å²) in [6, 6.07) is 16.0. The maximum absolute atomic E-state index is 13.5. The Hall–Kier alpha value is -2.40. The smallest absolute Gasteiger partial charge is 0.275 e. The van der Waals surface area contributed by atoms with Crippen molar-refractivity contribution in [3.63, 3.8) is 0 Å². The Morgan fingerprint density at radius 2 is 1.83 bits per heavy atom. The first kappa shape index (κ1) is 17.0. The van der Waals surface area contributed by atoms with Crippen molar-refractivity contribution in [3.8, 4) is 5.75 Å². The van der Waals surface area contributed by atoms with Crippen molar-refractivity contribution in [1.82, 2.24) is 5.32 Å². The fourth-order valence-corrected chi connectivity index (χ4v) is 2.12. The Kier molecular flexibility index (Phi) is 6.56. The molecule has 2 rings (SSSR count). The topological polar surface area (TPSA) is 42.8 Å². The van der Waals surface area contributed by atoms with Gasteiger partial charge in [-0.05, 0) is 18.2 Å². The number of nitrogens with one attached hydrogen (secondary N) is 2. The zero-order valence-electron chi connectivity index (χ0n) is 13.2. The highest BCUT2D eigenvalue weighted by Crippen LogP contribution is 2.07. The lowest BCUT2D eigenvalue weighted by Crippen LogP contribution is -3.10. The van der Waals surface area contributed by atoms with Crippen molar-refractivity contribution < 1.29 is 18.8 Å². The van der Waals surface area contributed by atoms with Gasteiger partial charge in [-0.1, -0.05) is 36.4 Å². The number of ether oxygens (including phenoxy) is 1. The molecule has 0 saturated carbocycles. The fourth-order valence-electron chi connectivity index (χ4n) is 2.12. The summed E-state index contributed by atoms with van der Waals surface area (Å²) in [7, 11) is 1.93. The van der Waals surface area contributed by atoms with Crippen molar-refractivity contribution in [3.05, 3.63) is 66.0 Å². The Labute approximate surface area is 135 Å². The van der Waals surface area contributed by atoms with Crippen molar-refractivity contribution >= 4 is 5.91 Å². The second-order valence-electron chi connectivity index (χ2n) is 5.41. The van der Waals surface area contributed by atoms with Gasteiger partial charge >= 0.3 is 0 Å². The molecule has 1 unspecified atom stereocenters. The maximum atomic E-state index is 13.5. The van der Waals surface area contributed by atoms with Crippen LogP contribution in [0.4, 0.5) is 4.39 Å². The Morgan fingerprint density at radius 1 is 1.13 bits per heavy atom. The third-order valence-electron chi connectivity index (χ3n) is 3.44. The summed E-state index contributed by atoms with van der Waals surface area (Å²) >= 11 is 0. The number of benzene rings is 2. The monoisotopic (exact) mass is 317 g/mol. The minimum absolute atomic E-state index is 0.106. The molecule has 0 bridgehead atoms. The molecule has 0 aliphatic heterocycles. The van der Waals surface area contributed by atoms with E-state index in [4.69, 9.17) is 4.74 Å². The minimum Gasteiger partial charge on any atom is -0.488 e. The summed E-state index contributed by atoms with van der Waals surface area (Å²) in [5, 5.41) is 2.74. The number of hydrogen-bond acceptors (Lipinski definition) is 2. The van der Waals surface area contributed by atoms with E-state index in [9.17, 15) is 9.18 Å². The van der Waals surface area contributed by atoms with Crippen LogP contribution in [-0.4, -0.2) is 32.7 Å². The predicted octanol–water partition coefficient (Wildman–Crippen LogP) is 1.04. The van der Waals surface area contributed by atoms with Crippen molar-refractivity contribution in [1.29, 1.82) is 0 Å². The molecule has 0 heterocycles. The largest absolute Gasteiger partial charge is 0.488 e. The summed E-state index contributed by atoms with van der Waals surface area (Å²) in [4.78, 5) is 12.9. The molecule has 23 heavy (non-hydrogen) atoms. The van der Waals surface area contributed by atoms with Gasteiger partial charge in [-0.25, -0.2) is 4.39 Å². The highest BCUT2D eigenvalue weighted by atomic mass is 19.1. The number of likely N-dealkylation sites (N-methyl/N-ethyl adjacent to an activating group) is 1. The summed E-state index contributed by atoms with van der Waals surface area (Å²) in [6.45, 7) is 1.78. The third-order valence-corrected chi connectivity index (χ3v) is 3.44. The molecule has 0 spiro atoms. The van der Waals surface area contributed by atoms with Crippen LogP contribution in [0.25, 0.3) is 0 Å². The Bertz CT molecular complexity index is 619. The molecule has 122 valence electrons. The van der Waals surface area contributed by atoms with Crippen LogP contribution in [0, 0.1) is 5.82 Å². The molecule has 5 heteroatoms. The van der Waals surface area contributed by atoms with E-state index in [-0.39, 0.29) is 18.3 Å². The number of rotatable bonds is 8. The molecule has 0 saturated heterocycles. The molecule has 0 aromatic heterocycles. The summed E-state index contributed by atoms with van der Waals surface area (Å²) < 4.78 is 19.1. The summed E-state index contributed by atoms with van der Waals surface area (Å²) in [5.74, 6) is 0.416. The highest BCUT2D eigenvalue weighted by Gasteiger charge is 2.10. The lowest BCUT2D eigenvalue weighted by molar-refractivity contribution is -0.871. The van der Waals surface area contributed by atoms with Gasteiger partial charge < -0.3 is 15.0 Å².